The Morgan fingerprint density at radius 2 is 1.76 bits per heavy atom. The van der Waals surface area contributed by atoms with Crippen LogP contribution < -0.4 is 11.2 Å². The van der Waals surface area contributed by atoms with Gasteiger partial charge in [0.1, 0.15) is 11.9 Å². The van der Waals surface area contributed by atoms with E-state index in [4.69, 9.17) is 16.0 Å². The van der Waals surface area contributed by atoms with Crippen molar-refractivity contribution in [1.82, 2.24) is 5.32 Å². The van der Waals surface area contributed by atoms with Gasteiger partial charge in [0.05, 0.1) is 12.6 Å². The Hall–Kier alpha value is -3.13. The minimum absolute atomic E-state index is 0.0351. The van der Waals surface area contributed by atoms with Crippen molar-refractivity contribution in [2.45, 2.75) is 39.5 Å². The number of nitrogens with zero attached hydrogens (tertiary/aromatic N) is 2. The number of benzene rings is 2. The van der Waals surface area contributed by atoms with E-state index in [2.05, 4.69) is 15.7 Å². The van der Waals surface area contributed by atoms with Gasteiger partial charge in [-0.25, -0.2) is 4.39 Å². The molecule has 0 heterocycles. The molecule has 0 unspecified atom stereocenters. The zero-order valence-electron chi connectivity index (χ0n) is 16.7. The topological polar surface area (TPSA) is 113 Å². The summed E-state index contributed by atoms with van der Waals surface area (Å²) in [6.07, 6.45) is -0.639. The van der Waals surface area contributed by atoms with Crippen LogP contribution in [-0.4, -0.2) is 17.8 Å². The molecule has 2 atom stereocenters. The van der Waals surface area contributed by atoms with Crippen LogP contribution >= 0.6 is 0 Å². The lowest BCUT2D eigenvalue weighted by Gasteiger charge is -2.23. The number of hydrogen-bond donors (Lipinski definition) is 3. The highest BCUT2D eigenvalue weighted by molar-refractivity contribution is 5.96. The van der Waals surface area contributed by atoms with Crippen molar-refractivity contribution in [3.8, 4) is 0 Å². The summed E-state index contributed by atoms with van der Waals surface area (Å²) in [6, 6.07) is 12.8. The number of amides is 1. The third kappa shape index (κ3) is 6.46. The second kappa shape index (κ2) is 10.4. The van der Waals surface area contributed by atoms with E-state index in [1.54, 1.807) is 24.3 Å². The van der Waals surface area contributed by atoms with E-state index in [1.165, 1.54) is 12.1 Å². The van der Waals surface area contributed by atoms with Crippen molar-refractivity contribution in [2.24, 2.45) is 22.1 Å². The van der Waals surface area contributed by atoms with Gasteiger partial charge < -0.3 is 15.9 Å². The Morgan fingerprint density at radius 1 is 1.14 bits per heavy atom. The van der Waals surface area contributed by atoms with Crippen molar-refractivity contribution < 1.29 is 13.9 Å². The van der Waals surface area contributed by atoms with Gasteiger partial charge in [0.2, 0.25) is 5.91 Å². The molecule has 1 amide bonds. The molecular weight excluding hydrogens is 373 g/mol. The van der Waals surface area contributed by atoms with Crippen LogP contribution in [0.15, 0.2) is 58.9 Å². The third-order valence-electron chi connectivity index (χ3n) is 4.41. The second-order valence-corrected chi connectivity index (χ2v) is 7.02. The van der Waals surface area contributed by atoms with Crippen molar-refractivity contribution in [3.63, 3.8) is 0 Å². The van der Waals surface area contributed by atoms with E-state index >= 15 is 0 Å². The fraction of sp³-hybridized carbons (Fsp3) is 0.333. The van der Waals surface area contributed by atoms with Gasteiger partial charge >= 0.3 is 0 Å². The van der Waals surface area contributed by atoms with Gasteiger partial charge in [-0.2, -0.15) is 0 Å². The first kappa shape index (κ1) is 22.2. The maximum absolute atomic E-state index is 13.0. The Kier molecular flexibility index (Phi) is 7.97. The number of nitrogens with two attached hydrogens (primary N) is 1. The first-order chi connectivity index (χ1) is 13.8. The summed E-state index contributed by atoms with van der Waals surface area (Å²) in [7, 11) is 0. The molecule has 2 rings (SSSR count). The normalized spacial score (nSPS) is 13.4. The smallest absolute Gasteiger partial charge is 0.249 e. The van der Waals surface area contributed by atoms with E-state index in [9.17, 15) is 9.18 Å². The van der Waals surface area contributed by atoms with Gasteiger partial charge in [0.15, 0.2) is 5.84 Å². The van der Waals surface area contributed by atoms with Gasteiger partial charge in [0.25, 0.3) is 0 Å². The Balaban J connectivity index is 1.99. The van der Waals surface area contributed by atoms with Gasteiger partial charge in [-0.3, -0.25) is 10.2 Å². The lowest BCUT2D eigenvalue weighted by Crippen LogP contribution is -2.40. The fourth-order valence-corrected chi connectivity index (χ4v) is 2.76. The van der Waals surface area contributed by atoms with Crippen LogP contribution in [0.25, 0.3) is 0 Å². The summed E-state index contributed by atoms with van der Waals surface area (Å²) in [5.74, 6) is 4.36. The number of hydrogen-bond acceptors (Lipinski definition) is 4. The molecule has 8 heteroatoms. The predicted molar refractivity (Wildman–Crippen MR) is 109 cm³/mol. The molecule has 2 aromatic rings. The number of carbonyl (C=O) groups excluding carboxylic acids is 1. The van der Waals surface area contributed by atoms with E-state index in [0.29, 0.717) is 5.56 Å². The first-order valence-corrected chi connectivity index (χ1v) is 9.28. The lowest BCUT2D eigenvalue weighted by atomic mass is 10.0. The van der Waals surface area contributed by atoms with Crippen LogP contribution in [0.2, 0.25) is 0 Å². The molecule has 4 N–H and O–H groups in total. The summed E-state index contributed by atoms with van der Waals surface area (Å²) in [5.41, 5.74) is 2.25. The quantitative estimate of drug-likeness (QED) is 0.206. The Morgan fingerprint density at radius 3 is 2.31 bits per heavy atom. The number of halogens is 1. The minimum Gasteiger partial charge on any atom is -0.363 e. The van der Waals surface area contributed by atoms with Crippen LogP contribution in [0.1, 0.15) is 43.5 Å². The van der Waals surface area contributed by atoms with E-state index in [0.717, 1.165) is 11.1 Å². The molecule has 0 aromatic heterocycles. The van der Waals surface area contributed by atoms with Gasteiger partial charge in [-0.1, -0.05) is 55.5 Å². The van der Waals surface area contributed by atoms with Gasteiger partial charge in [-0.15, -0.1) is 5.11 Å². The highest BCUT2D eigenvalue weighted by atomic mass is 19.1. The third-order valence-corrected chi connectivity index (χ3v) is 4.41. The van der Waals surface area contributed by atoms with Crippen molar-refractivity contribution in [1.29, 1.82) is 5.41 Å². The average Bonchev–Trinajstić information content (AvgIpc) is 2.69. The summed E-state index contributed by atoms with van der Waals surface area (Å²) in [5, 5.41) is 17.3. The van der Waals surface area contributed by atoms with Crippen LogP contribution in [-0.2, 0) is 16.1 Å². The molecule has 7 nitrogen and oxygen atoms in total. The van der Waals surface area contributed by atoms with Gasteiger partial charge in [0, 0.05) is 5.56 Å². The SMILES string of the molecule is CC(C)[C@@H](OCc1ccc(F)cc1)C(=O)N[C@@H](C)c1ccc(C(=N)N=NN)cc1. The van der Waals surface area contributed by atoms with Gasteiger partial charge in [-0.05, 0) is 36.1 Å². The van der Waals surface area contributed by atoms with Crippen molar-refractivity contribution in [3.05, 3.63) is 71.0 Å². The molecule has 154 valence electrons. The zero-order chi connectivity index (χ0) is 21.4. The second-order valence-electron chi connectivity index (χ2n) is 7.02. The molecule has 0 spiro atoms. The van der Waals surface area contributed by atoms with E-state index in [1.807, 2.05) is 32.9 Å². The number of amidine groups is 1. The Labute approximate surface area is 169 Å². The maximum Gasteiger partial charge on any atom is 0.249 e. The number of rotatable bonds is 8. The molecule has 0 saturated heterocycles. The molecule has 0 aliphatic rings. The number of carbonyl (C=O) groups is 1. The van der Waals surface area contributed by atoms with Crippen molar-refractivity contribution in [2.75, 3.05) is 0 Å². The summed E-state index contributed by atoms with van der Waals surface area (Å²) in [6.45, 7) is 5.91. The zero-order valence-corrected chi connectivity index (χ0v) is 16.7. The fourth-order valence-electron chi connectivity index (χ4n) is 2.76. The molecular formula is C21H26FN5O2. The molecule has 2 aromatic carbocycles. The molecule has 29 heavy (non-hydrogen) atoms. The van der Waals surface area contributed by atoms with E-state index < -0.39 is 6.10 Å². The van der Waals surface area contributed by atoms with Crippen molar-refractivity contribution >= 4 is 11.7 Å². The first-order valence-electron chi connectivity index (χ1n) is 9.28. The highest BCUT2D eigenvalue weighted by Gasteiger charge is 2.24. The highest BCUT2D eigenvalue weighted by Crippen LogP contribution is 2.17. The number of nitrogens with one attached hydrogen (secondary N) is 2. The molecule has 0 aliphatic heterocycles. The average molecular weight is 399 g/mol. The molecule has 0 radical (unpaired) electrons. The van der Waals surface area contributed by atoms with E-state index in [-0.39, 0.29) is 36.1 Å². The molecule has 0 bridgehead atoms. The van der Waals surface area contributed by atoms with Crippen LogP contribution in [0.4, 0.5) is 4.39 Å². The lowest BCUT2D eigenvalue weighted by molar-refractivity contribution is -0.137. The van der Waals surface area contributed by atoms with Crippen LogP contribution in [0.5, 0.6) is 0 Å². The maximum atomic E-state index is 13.0. The van der Waals surface area contributed by atoms with Crippen LogP contribution in [0.3, 0.4) is 0 Å². The largest absolute Gasteiger partial charge is 0.363 e. The Bertz CT molecular complexity index is 850. The summed E-state index contributed by atoms with van der Waals surface area (Å²) in [4.78, 5) is 12.7. The summed E-state index contributed by atoms with van der Waals surface area (Å²) < 4.78 is 18.8. The predicted octanol–water partition coefficient (Wildman–Crippen LogP) is 3.90. The molecule has 0 fully saturated rings. The number of ether oxygens (including phenoxy) is 1. The molecule has 0 aliphatic carbocycles. The standard InChI is InChI=1S/C21H26FN5O2/c1-13(2)19(29-12-15-4-10-18(22)11-5-15)21(28)25-14(3)16-6-8-17(9-7-16)20(23)26-27-24/h4-11,13-14,19H,12H2,1-3H3,(H,25,28)(H3,23,24,26)/t14-,19+/m0/s1. The minimum atomic E-state index is -0.639. The molecule has 0 saturated carbocycles. The van der Waals surface area contributed by atoms with Crippen LogP contribution in [0, 0.1) is 17.1 Å². The summed E-state index contributed by atoms with van der Waals surface area (Å²) >= 11 is 0. The monoisotopic (exact) mass is 399 g/mol.